The largest absolute Gasteiger partial charge is 0.465 e. The smallest absolute Gasteiger partial charge is 0.365 e. The van der Waals surface area contributed by atoms with Crippen LogP contribution in [0, 0.1) is 6.92 Å². The minimum atomic E-state index is -0.532. The van der Waals surface area contributed by atoms with Gasteiger partial charge in [-0.2, -0.15) is 9.77 Å². The Labute approximate surface area is 80.0 Å². The van der Waals surface area contributed by atoms with Gasteiger partial charge in [0.2, 0.25) is 0 Å². The Morgan fingerprint density at radius 2 is 2.29 bits per heavy atom. The molecule has 1 aromatic heterocycles. The summed E-state index contributed by atoms with van der Waals surface area (Å²) in [6.45, 7) is 3.32. The quantitative estimate of drug-likeness (QED) is 0.480. The number of nitrogen functional groups attached to an aromatic ring is 1. The van der Waals surface area contributed by atoms with E-state index in [1.54, 1.807) is 13.8 Å². The molecule has 1 heterocycles. The highest BCUT2D eigenvalue weighted by atomic mass is 16.5. The van der Waals surface area contributed by atoms with Crippen LogP contribution in [-0.4, -0.2) is 27.0 Å². The van der Waals surface area contributed by atoms with Crippen molar-refractivity contribution in [1.29, 1.82) is 0 Å². The lowest BCUT2D eigenvalue weighted by Crippen LogP contribution is -2.32. The van der Waals surface area contributed by atoms with E-state index in [0.29, 0.717) is 5.82 Å². The number of aromatic nitrogens is 3. The van der Waals surface area contributed by atoms with Gasteiger partial charge in [-0.05, 0) is 13.8 Å². The van der Waals surface area contributed by atoms with E-state index in [9.17, 15) is 9.59 Å². The van der Waals surface area contributed by atoms with Crippen molar-refractivity contribution < 1.29 is 9.53 Å². The Morgan fingerprint density at radius 3 is 2.71 bits per heavy atom. The summed E-state index contributed by atoms with van der Waals surface area (Å²) in [5, 5.41) is 3.77. The second-order valence-corrected chi connectivity index (χ2v) is 2.66. The van der Waals surface area contributed by atoms with Crippen LogP contribution in [0.5, 0.6) is 0 Å². The zero-order chi connectivity index (χ0) is 10.7. The van der Waals surface area contributed by atoms with E-state index in [1.165, 1.54) is 0 Å². The summed E-state index contributed by atoms with van der Waals surface area (Å²) in [5.41, 5.74) is -0.532. The lowest BCUT2D eigenvalue weighted by atomic mass is 10.6. The molecule has 14 heavy (non-hydrogen) atoms. The molecule has 0 radical (unpaired) electrons. The first kappa shape index (κ1) is 10.3. The van der Waals surface area contributed by atoms with Crippen molar-refractivity contribution in [2.75, 3.05) is 12.4 Å². The van der Waals surface area contributed by atoms with E-state index in [0.717, 1.165) is 9.36 Å². The predicted molar refractivity (Wildman–Crippen MR) is 48.0 cm³/mol. The highest BCUT2D eigenvalue weighted by molar-refractivity contribution is 5.68. The third-order valence-corrected chi connectivity index (χ3v) is 1.63. The van der Waals surface area contributed by atoms with Gasteiger partial charge in [0.05, 0.1) is 6.61 Å². The molecule has 0 saturated carbocycles. The topological polar surface area (TPSA) is 92.1 Å². The lowest BCUT2D eigenvalue weighted by molar-refractivity contribution is -0.144. The molecule has 0 spiro atoms. The number of esters is 1. The van der Waals surface area contributed by atoms with Gasteiger partial charge >= 0.3 is 11.7 Å². The molecule has 0 amide bonds. The van der Waals surface area contributed by atoms with E-state index in [2.05, 4.69) is 9.84 Å². The molecule has 2 N–H and O–H groups in total. The van der Waals surface area contributed by atoms with Gasteiger partial charge in [0, 0.05) is 0 Å². The van der Waals surface area contributed by atoms with E-state index in [4.69, 9.17) is 5.84 Å². The molecule has 0 atom stereocenters. The maximum Gasteiger partial charge on any atom is 0.365 e. The normalized spacial score (nSPS) is 10.1. The van der Waals surface area contributed by atoms with Crippen molar-refractivity contribution in [1.82, 2.24) is 14.5 Å². The molecule has 0 unspecified atom stereocenters. The van der Waals surface area contributed by atoms with Crippen molar-refractivity contribution >= 4 is 5.97 Å². The molecular formula is C7H12N4O3. The predicted octanol–water partition coefficient (Wildman–Crippen LogP) is -1.37. The van der Waals surface area contributed by atoms with Crippen LogP contribution in [0.4, 0.5) is 0 Å². The van der Waals surface area contributed by atoms with Crippen LogP contribution in [0.3, 0.4) is 0 Å². The molecule has 0 aromatic carbocycles. The zero-order valence-electron chi connectivity index (χ0n) is 8.06. The molecular weight excluding hydrogens is 188 g/mol. The molecule has 7 heteroatoms. The number of nitrogens with two attached hydrogens (primary N) is 1. The van der Waals surface area contributed by atoms with Crippen LogP contribution in [0.2, 0.25) is 0 Å². The molecule has 0 saturated heterocycles. The number of hydrogen-bond donors (Lipinski definition) is 1. The second kappa shape index (κ2) is 3.95. The number of nitrogens with zero attached hydrogens (tertiary/aromatic N) is 3. The lowest BCUT2D eigenvalue weighted by Gasteiger charge is -1.99. The van der Waals surface area contributed by atoms with Gasteiger partial charge in [-0.25, -0.2) is 9.48 Å². The fraction of sp³-hybridized carbons (Fsp3) is 0.571. The van der Waals surface area contributed by atoms with E-state index in [-0.39, 0.29) is 13.2 Å². The zero-order valence-corrected chi connectivity index (χ0v) is 8.06. The van der Waals surface area contributed by atoms with Gasteiger partial charge in [0.25, 0.3) is 0 Å². The van der Waals surface area contributed by atoms with E-state index < -0.39 is 11.7 Å². The summed E-state index contributed by atoms with van der Waals surface area (Å²) in [5.74, 6) is 5.16. The Kier molecular flexibility index (Phi) is 2.90. The minimum absolute atomic E-state index is 0.211. The average molecular weight is 200 g/mol. The van der Waals surface area contributed by atoms with E-state index in [1.807, 2.05) is 0 Å². The van der Waals surface area contributed by atoms with Gasteiger partial charge in [-0.15, -0.1) is 0 Å². The Hall–Kier alpha value is -1.79. The van der Waals surface area contributed by atoms with Gasteiger partial charge in [0.1, 0.15) is 12.4 Å². The maximum absolute atomic E-state index is 11.3. The second-order valence-electron chi connectivity index (χ2n) is 2.66. The Balaban J connectivity index is 2.83. The molecule has 1 rings (SSSR count). The summed E-state index contributed by atoms with van der Waals surface area (Å²) in [4.78, 5) is 22.3. The monoisotopic (exact) mass is 200 g/mol. The third kappa shape index (κ3) is 1.93. The van der Waals surface area contributed by atoms with Crippen LogP contribution in [-0.2, 0) is 16.1 Å². The fourth-order valence-electron chi connectivity index (χ4n) is 0.960. The highest BCUT2D eigenvalue weighted by Crippen LogP contribution is 1.86. The minimum Gasteiger partial charge on any atom is -0.465 e. The molecule has 0 fully saturated rings. The van der Waals surface area contributed by atoms with Crippen molar-refractivity contribution in [2.45, 2.75) is 20.4 Å². The average Bonchev–Trinajstić information content (AvgIpc) is 2.34. The standard InChI is InChI=1S/C7H12N4O3/c1-3-14-6(12)4-10-7(13)11(8)5(2)9-10/h3-4,8H2,1-2H3. The third-order valence-electron chi connectivity index (χ3n) is 1.63. The van der Waals surface area contributed by atoms with Crippen molar-refractivity contribution in [2.24, 2.45) is 0 Å². The van der Waals surface area contributed by atoms with Gasteiger partial charge < -0.3 is 10.6 Å². The molecule has 0 aliphatic carbocycles. The van der Waals surface area contributed by atoms with Crippen molar-refractivity contribution in [3.8, 4) is 0 Å². The molecule has 7 nitrogen and oxygen atoms in total. The van der Waals surface area contributed by atoms with Crippen LogP contribution < -0.4 is 11.5 Å². The molecule has 0 bridgehead atoms. The van der Waals surface area contributed by atoms with Crippen molar-refractivity contribution in [3.63, 3.8) is 0 Å². The summed E-state index contributed by atoms with van der Waals surface area (Å²) >= 11 is 0. The number of carbonyl (C=O) groups is 1. The molecule has 78 valence electrons. The van der Waals surface area contributed by atoms with E-state index >= 15 is 0 Å². The maximum atomic E-state index is 11.3. The van der Waals surface area contributed by atoms with Crippen LogP contribution in [0.15, 0.2) is 4.79 Å². The number of rotatable bonds is 3. The summed E-state index contributed by atoms with van der Waals surface area (Å²) in [6, 6.07) is 0. The SMILES string of the molecule is CCOC(=O)Cn1nc(C)n(N)c1=O. The number of aryl methyl sites for hydroxylation is 1. The molecule has 1 aromatic rings. The van der Waals surface area contributed by atoms with Crippen LogP contribution in [0.25, 0.3) is 0 Å². The van der Waals surface area contributed by atoms with Crippen molar-refractivity contribution in [3.05, 3.63) is 16.3 Å². The van der Waals surface area contributed by atoms with Gasteiger partial charge in [0.15, 0.2) is 0 Å². The highest BCUT2D eigenvalue weighted by Gasteiger charge is 2.11. The van der Waals surface area contributed by atoms with Crippen LogP contribution in [0.1, 0.15) is 12.7 Å². The summed E-state index contributed by atoms with van der Waals surface area (Å²) in [7, 11) is 0. The summed E-state index contributed by atoms with van der Waals surface area (Å²) < 4.78 is 6.50. The number of ether oxygens (including phenoxy) is 1. The Morgan fingerprint density at radius 1 is 1.64 bits per heavy atom. The fourth-order valence-corrected chi connectivity index (χ4v) is 0.960. The van der Waals surface area contributed by atoms with Gasteiger partial charge in [-0.1, -0.05) is 0 Å². The first-order valence-corrected chi connectivity index (χ1v) is 4.13. The summed E-state index contributed by atoms with van der Waals surface area (Å²) in [6.07, 6.45) is 0. The first-order valence-electron chi connectivity index (χ1n) is 4.13. The molecule has 0 aliphatic heterocycles. The Bertz CT molecular complexity index is 392. The number of carbonyl (C=O) groups excluding carboxylic acids is 1. The number of hydrogen-bond acceptors (Lipinski definition) is 5. The van der Waals surface area contributed by atoms with Crippen LogP contribution >= 0.6 is 0 Å². The van der Waals surface area contributed by atoms with Gasteiger partial charge in [-0.3, -0.25) is 4.79 Å². The molecule has 0 aliphatic rings. The first-order chi connectivity index (χ1) is 6.56.